The quantitative estimate of drug-likeness (QED) is 0.0331. The van der Waals surface area contributed by atoms with E-state index < -0.39 is 12.1 Å². The Bertz CT molecular complexity index is 854. The average Bonchev–Trinajstić information content (AvgIpc) is 3.14. The van der Waals surface area contributed by atoms with Gasteiger partial charge in [0.2, 0.25) is 5.91 Å². The maximum absolute atomic E-state index is 12.4. The van der Waals surface area contributed by atoms with Gasteiger partial charge in [0.25, 0.3) is 0 Å². The minimum Gasteiger partial charge on any atom is -0.466 e. The number of rotatable bonds is 40. The van der Waals surface area contributed by atoms with E-state index in [1.165, 1.54) is 122 Å². The number of amides is 1. The van der Waals surface area contributed by atoms with Crippen LogP contribution in [0.25, 0.3) is 0 Å². The van der Waals surface area contributed by atoms with E-state index in [1.54, 1.807) is 6.08 Å². The third-order valence-corrected chi connectivity index (χ3v) is 9.91. The SMILES string of the molecule is CCCC/C=C\C/C=C\CCCCCCCC(=O)OCCCCCCCCCCCC(=O)NC(CO)C(O)/C=C/CCCCCCCCCCCC. The van der Waals surface area contributed by atoms with Gasteiger partial charge >= 0.3 is 5.97 Å². The Morgan fingerprint density at radius 1 is 0.538 bits per heavy atom. The molecule has 0 aliphatic heterocycles. The van der Waals surface area contributed by atoms with Gasteiger partial charge in [0.15, 0.2) is 0 Å². The molecule has 6 nitrogen and oxygen atoms in total. The molecular weight excluding hydrogens is 647 g/mol. The smallest absolute Gasteiger partial charge is 0.305 e. The minimum atomic E-state index is -0.861. The predicted octanol–water partition coefficient (Wildman–Crippen LogP) is 12.6. The zero-order valence-electron chi connectivity index (χ0n) is 34.3. The summed E-state index contributed by atoms with van der Waals surface area (Å²) < 4.78 is 5.42. The number of esters is 1. The first kappa shape index (κ1) is 50.1. The largest absolute Gasteiger partial charge is 0.466 e. The summed E-state index contributed by atoms with van der Waals surface area (Å²) in [7, 11) is 0. The first-order chi connectivity index (χ1) is 25.5. The fourth-order valence-electron chi connectivity index (χ4n) is 6.41. The third-order valence-electron chi connectivity index (χ3n) is 9.91. The van der Waals surface area contributed by atoms with Crippen LogP contribution in [0.3, 0.4) is 0 Å². The molecular formula is C46H85NO5. The Morgan fingerprint density at radius 2 is 0.981 bits per heavy atom. The first-order valence-corrected chi connectivity index (χ1v) is 22.3. The molecule has 0 saturated carbocycles. The molecule has 52 heavy (non-hydrogen) atoms. The van der Waals surface area contributed by atoms with Crippen molar-refractivity contribution in [3.63, 3.8) is 0 Å². The highest BCUT2D eigenvalue weighted by atomic mass is 16.5. The highest BCUT2D eigenvalue weighted by Gasteiger charge is 2.18. The second kappa shape index (κ2) is 41.8. The Morgan fingerprint density at radius 3 is 1.52 bits per heavy atom. The summed E-state index contributed by atoms with van der Waals surface area (Å²) in [5.41, 5.74) is 0. The number of aliphatic hydroxyl groups is 2. The van der Waals surface area contributed by atoms with Gasteiger partial charge in [-0.3, -0.25) is 9.59 Å². The van der Waals surface area contributed by atoms with Gasteiger partial charge in [-0.05, 0) is 57.8 Å². The highest BCUT2D eigenvalue weighted by molar-refractivity contribution is 5.76. The number of hydrogen-bond donors (Lipinski definition) is 3. The van der Waals surface area contributed by atoms with Gasteiger partial charge < -0.3 is 20.3 Å². The molecule has 2 unspecified atom stereocenters. The zero-order valence-corrected chi connectivity index (χ0v) is 34.3. The highest BCUT2D eigenvalue weighted by Crippen LogP contribution is 2.14. The molecule has 0 aromatic carbocycles. The monoisotopic (exact) mass is 732 g/mol. The molecule has 0 saturated heterocycles. The van der Waals surface area contributed by atoms with Crippen LogP contribution in [0.4, 0.5) is 0 Å². The van der Waals surface area contributed by atoms with Gasteiger partial charge in [-0.25, -0.2) is 0 Å². The van der Waals surface area contributed by atoms with Crippen molar-refractivity contribution in [2.75, 3.05) is 13.2 Å². The molecule has 0 aromatic heterocycles. The molecule has 0 fully saturated rings. The molecule has 3 N–H and O–H groups in total. The maximum atomic E-state index is 12.4. The predicted molar refractivity (Wildman–Crippen MR) is 222 cm³/mol. The normalized spacial score (nSPS) is 13.1. The molecule has 0 radical (unpaired) electrons. The summed E-state index contributed by atoms with van der Waals surface area (Å²) in [4.78, 5) is 24.4. The number of unbranched alkanes of at least 4 members (excludes halogenated alkanes) is 25. The van der Waals surface area contributed by atoms with E-state index in [4.69, 9.17) is 4.74 Å². The third kappa shape index (κ3) is 37.8. The number of hydrogen-bond acceptors (Lipinski definition) is 5. The summed E-state index contributed by atoms with van der Waals surface area (Å²) in [6.07, 6.45) is 48.3. The maximum Gasteiger partial charge on any atom is 0.305 e. The van der Waals surface area contributed by atoms with Gasteiger partial charge in [-0.1, -0.05) is 185 Å². The minimum absolute atomic E-state index is 0.0432. The van der Waals surface area contributed by atoms with E-state index in [1.807, 2.05) is 6.08 Å². The fraction of sp³-hybridized carbons (Fsp3) is 0.826. The van der Waals surface area contributed by atoms with Crippen LogP contribution in [0.1, 0.15) is 219 Å². The summed E-state index contributed by atoms with van der Waals surface area (Å²) in [6.45, 7) is 4.76. The second-order valence-electron chi connectivity index (χ2n) is 15.0. The van der Waals surface area contributed by atoms with Crippen molar-refractivity contribution in [3.05, 3.63) is 36.5 Å². The first-order valence-electron chi connectivity index (χ1n) is 22.3. The lowest BCUT2D eigenvalue weighted by Gasteiger charge is -2.20. The molecule has 0 heterocycles. The van der Waals surface area contributed by atoms with Gasteiger partial charge in [0.1, 0.15) is 0 Å². The van der Waals surface area contributed by atoms with Crippen molar-refractivity contribution in [2.24, 2.45) is 0 Å². The lowest BCUT2D eigenvalue weighted by atomic mass is 10.0. The Balaban J connectivity index is 3.56. The van der Waals surface area contributed by atoms with Crippen LogP contribution in [-0.4, -0.2) is 47.4 Å². The second-order valence-corrected chi connectivity index (χ2v) is 15.0. The Hall–Kier alpha value is -1.92. The van der Waals surface area contributed by atoms with E-state index in [0.29, 0.717) is 19.4 Å². The fourth-order valence-corrected chi connectivity index (χ4v) is 6.41. The van der Waals surface area contributed by atoms with Gasteiger partial charge in [-0.15, -0.1) is 0 Å². The summed E-state index contributed by atoms with van der Waals surface area (Å²) >= 11 is 0. The lowest BCUT2D eigenvalue weighted by Crippen LogP contribution is -2.45. The Labute approximate surface area is 322 Å². The average molecular weight is 732 g/mol. The van der Waals surface area contributed by atoms with E-state index in [-0.39, 0.29) is 18.5 Å². The van der Waals surface area contributed by atoms with Crippen molar-refractivity contribution in [1.82, 2.24) is 5.32 Å². The summed E-state index contributed by atoms with van der Waals surface area (Å²) in [5, 5.41) is 22.9. The molecule has 6 heteroatoms. The number of nitrogens with one attached hydrogen (secondary N) is 1. The van der Waals surface area contributed by atoms with Gasteiger partial charge in [-0.2, -0.15) is 0 Å². The van der Waals surface area contributed by atoms with Crippen LogP contribution >= 0.6 is 0 Å². The van der Waals surface area contributed by atoms with Gasteiger partial charge in [0.05, 0.1) is 25.4 Å². The van der Waals surface area contributed by atoms with Crippen molar-refractivity contribution in [3.8, 4) is 0 Å². The van der Waals surface area contributed by atoms with Crippen molar-refractivity contribution in [2.45, 2.75) is 231 Å². The summed E-state index contributed by atoms with van der Waals surface area (Å²) in [6, 6.07) is -0.648. The van der Waals surface area contributed by atoms with Crippen molar-refractivity contribution in [1.29, 1.82) is 0 Å². The standard InChI is InChI=1S/C46H85NO5/c1-3-5-7-9-11-13-15-17-18-20-24-28-32-36-40-46(51)52-41-37-33-29-25-21-23-27-31-35-39-45(50)47-43(42-48)44(49)38-34-30-26-22-19-16-14-12-10-8-6-4-2/h9,11,15,17,34,38,43-44,48-49H,3-8,10,12-14,16,18-33,35-37,39-42H2,1-2H3,(H,47,50)/b11-9-,17-15-,38-34+. The molecule has 0 aliphatic rings. The van der Waals surface area contributed by atoms with E-state index >= 15 is 0 Å². The number of aliphatic hydroxyl groups excluding tert-OH is 2. The van der Waals surface area contributed by atoms with Crippen LogP contribution in [0.2, 0.25) is 0 Å². The molecule has 304 valence electrons. The number of allylic oxidation sites excluding steroid dienone is 5. The van der Waals surface area contributed by atoms with E-state index in [2.05, 4.69) is 43.5 Å². The Kier molecular flexibility index (Phi) is 40.3. The molecule has 0 bridgehead atoms. The number of carbonyl (C=O) groups excluding carboxylic acids is 2. The van der Waals surface area contributed by atoms with E-state index in [9.17, 15) is 19.8 Å². The van der Waals surface area contributed by atoms with Crippen LogP contribution in [0.5, 0.6) is 0 Å². The molecule has 0 aromatic rings. The molecule has 0 aliphatic carbocycles. The van der Waals surface area contributed by atoms with Gasteiger partial charge in [0, 0.05) is 12.8 Å². The van der Waals surface area contributed by atoms with Crippen LogP contribution < -0.4 is 5.32 Å². The van der Waals surface area contributed by atoms with Crippen molar-refractivity contribution >= 4 is 11.9 Å². The van der Waals surface area contributed by atoms with Crippen LogP contribution in [0.15, 0.2) is 36.5 Å². The van der Waals surface area contributed by atoms with Crippen LogP contribution in [0, 0.1) is 0 Å². The molecule has 2 atom stereocenters. The number of carbonyl (C=O) groups is 2. The molecule has 0 rings (SSSR count). The zero-order chi connectivity index (χ0) is 38.0. The summed E-state index contributed by atoms with van der Waals surface area (Å²) in [5.74, 6) is -0.143. The molecule has 0 spiro atoms. The number of ether oxygens (including phenoxy) is 1. The molecule has 1 amide bonds. The topological polar surface area (TPSA) is 95.9 Å². The van der Waals surface area contributed by atoms with Crippen molar-refractivity contribution < 1.29 is 24.5 Å². The lowest BCUT2D eigenvalue weighted by molar-refractivity contribution is -0.143. The van der Waals surface area contributed by atoms with Crippen LogP contribution in [-0.2, 0) is 14.3 Å². The van der Waals surface area contributed by atoms with E-state index in [0.717, 1.165) is 70.6 Å².